The molecule has 1 aromatic rings. The SMILES string of the molecule is Cc1c(Br)cc(S(=O)(=O)Cl)cc1C(=O)N1CCCC1(C)C. The molecule has 0 bridgehead atoms. The maximum absolute atomic E-state index is 12.8. The number of benzene rings is 1. The highest BCUT2D eigenvalue weighted by molar-refractivity contribution is 9.10. The Hall–Kier alpha value is -0.590. The summed E-state index contributed by atoms with van der Waals surface area (Å²) in [5, 5.41) is 0. The number of amides is 1. The van der Waals surface area contributed by atoms with Gasteiger partial charge in [0.15, 0.2) is 0 Å². The summed E-state index contributed by atoms with van der Waals surface area (Å²) in [7, 11) is 1.52. The van der Waals surface area contributed by atoms with Gasteiger partial charge in [0.25, 0.3) is 15.0 Å². The Morgan fingerprint density at radius 3 is 2.48 bits per heavy atom. The molecule has 1 aliphatic rings. The summed E-state index contributed by atoms with van der Waals surface area (Å²) in [4.78, 5) is 14.5. The Labute approximate surface area is 138 Å². The first kappa shape index (κ1) is 16.8. The number of carbonyl (C=O) groups excluding carboxylic acids is 1. The lowest BCUT2D eigenvalue weighted by atomic mass is 10.0. The van der Waals surface area contributed by atoms with E-state index in [1.807, 2.05) is 13.8 Å². The average Bonchev–Trinajstić information content (AvgIpc) is 2.70. The molecule has 7 heteroatoms. The third-order valence-corrected chi connectivity index (χ3v) is 6.13. The van der Waals surface area contributed by atoms with Crippen molar-refractivity contribution in [2.45, 2.75) is 44.0 Å². The van der Waals surface area contributed by atoms with Crippen LogP contribution >= 0.6 is 26.6 Å². The average molecular weight is 395 g/mol. The smallest absolute Gasteiger partial charge is 0.261 e. The largest absolute Gasteiger partial charge is 0.334 e. The van der Waals surface area contributed by atoms with Crippen LogP contribution in [0.1, 0.15) is 42.6 Å². The molecule has 2 rings (SSSR count). The Morgan fingerprint density at radius 1 is 1.38 bits per heavy atom. The fraction of sp³-hybridized carbons (Fsp3) is 0.500. The van der Waals surface area contributed by atoms with Crippen molar-refractivity contribution in [3.8, 4) is 0 Å². The predicted molar refractivity (Wildman–Crippen MR) is 86.3 cm³/mol. The van der Waals surface area contributed by atoms with E-state index >= 15 is 0 Å². The Balaban J connectivity index is 2.53. The van der Waals surface area contributed by atoms with Crippen LogP contribution in [0, 0.1) is 6.92 Å². The number of likely N-dealkylation sites (tertiary alicyclic amines) is 1. The molecule has 1 aromatic carbocycles. The maximum Gasteiger partial charge on any atom is 0.261 e. The van der Waals surface area contributed by atoms with E-state index in [-0.39, 0.29) is 16.3 Å². The summed E-state index contributed by atoms with van der Waals surface area (Å²) in [5.41, 5.74) is 0.872. The molecule has 0 spiro atoms. The van der Waals surface area contributed by atoms with Gasteiger partial charge in [0, 0.05) is 32.8 Å². The van der Waals surface area contributed by atoms with E-state index in [1.54, 1.807) is 11.8 Å². The molecule has 4 nitrogen and oxygen atoms in total. The molecule has 0 radical (unpaired) electrons. The van der Waals surface area contributed by atoms with Crippen molar-refractivity contribution in [2.24, 2.45) is 0 Å². The van der Waals surface area contributed by atoms with Crippen molar-refractivity contribution >= 4 is 41.6 Å². The Morgan fingerprint density at radius 2 is 2.00 bits per heavy atom. The number of nitrogens with zero attached hydrogens (tertiary/aromatic N) is 1. The van der Waals surface area contributed by atoms with Gasteiger partial charge in [0.1, 0.15) is 0 Å². The van der Waals surface area contributed by atoms with Crippen molar-refractivity contribution in [2.75, 3.05) is 6.54 Å². The molecular formula is C14H17BrClNO3S. The highest BCUT2D eigenvalue weighted by Crippen LogP contribution is 2.33. The summed E-state index contributed by atoms with van der Waals surface area (Å²) in [6.07, 6.45) is 1.89. The van der Waals surface area contributed by atoms with Gasteiger partial charge in [-0.25, -0.2) is 8.42 Å². The minimum absolute atomic E-state index is 0.0676. The summed E-state index contributed by atoms with van der Waals surface area (Å²) >= 11 is 3.30. The van der Waals surface area contributed by atoms with E-state index in [1.165, 1.54) is 12.1 Å². The normalized spacial score (nSPS) is 18.0. The second-order valence-electron chi connectivity index (χ2n) is 5.89. The fourth-order valence-corrected chi connectivity index (χ4v) is 4.04. The second kappa shape index (κ2) is 5.56. The third kappa shape index (κ3) is 3.27. The lowest BCUT2D eigenvalue weighted by Gasteiger charge is -2.32. The fourth-order valence-electron chi connectivity index (χ4n) is 2.65. The zero-order valence-electron chi connectivity index (χ0n) is 12.1. The third-order valence-electron chi connectivity index (χ3n) is 3.98. The molecule has 1 saturated heterocycles. The second-order valence-corrected chi connectivity index (χ2v) is 9.31. The highest BCUT2D eigenvalue weighted by Gasteiger charge is 2.36. The standard InChI is InChI=1S/C14H17BrClNO3S/c1-9-11(7-10(8-12(9)15)21(16,19)20)13(18)17-6-4-5-14(17,2)3/h7-8H,4-6H2,1-3H3. The molecule has 1 amide bonds. The van der Waals surface area contributed by atoms with Gasteiger partial charge in [-0.05, 0) is 51.3 Å². The van der Waals surface area contributed by atoms with Crippen molar-refractivity contribution in [1.29, 1.82) is 0 Å². The van der Waals surface area contributed by atoms with Crippen LogP contribution in [0.5, 0.6) is 0 Å². The number of halogens is 2. The zero-order valence-corrected chi connectivity index (χ0v) is 15.3. The first-order valence-corrected chi connectivity index (χ1v) is 9.71. The molecule has 116 valence electrons. The van der Waals surface area contributed by atoms with E-state index < -0.39 is 9.05 Å². The van der Waals surface area contributed by atoms with Crippen molar-refractivity contribution in [1.82, 2.24) is 4.90 Å². The first-order chi connectivity index (χ1) is 9.54. The molecule has 0 N–H and O–H groups in total. The van der Waals surface area contributed by atoms with Crippen molar-refractivity contribution < 1.29 is 13.2 Å². The summed E-state index contributed by atoms with van der Waals surface area (Å²) in [6.45, 7) is 6.50. The highest BCUT2D eigenvalue weighted by atomic mass is 79.9. The first-order valence-electron chi connectivity index (χ1n) is 6.61. The van der Waals surface area contributed by atoms with Crippen LogP contribution in [0.25, 0.3) is 0 Å². The van der Waals surface area contributed by atoms with Gasteiger partial charge in [0.2, 0.25) is 0 Å². The molecule has 0 aliphatic carbocycles. The number of hydrogen-bond donors (Lipinski definition) is 0. The van der Waals surface area contributed by atoms with Gasteiger partial charge < -0.3 is 4.90 Å². The van der Waals surface area contributed by atoms with E-state index in [0.717, 1.165) is 12.8 Å². The van der Waals surface area contributed by atoms with Crippen molar-refractivity contribution in [3.05, 3.63) is 27.7 Å². The molecule has 1 aliphatic heterocycles. The van der Waals surface area contributed by atoms with Gasteiger partial charge >= 0.3 is 0 Å². The van der Waals surface area contributed by atoms with Crippen LogP contribution in [0.3, 0.4) is 0 Å². The van der Waals surface area contributed by atoms with Crippen LogP contribution in [0.15, 0.2) is 21.5 Å². The van der Waals surface area contributed by atoms with Gasteiger partial charge in [-0.3, -0.25) is 4.79 Å². The van der Waals surface area contributed by atoms with E-state index in [9.17, 15) is 13.2 Å². The van der Waals surface area contributed by atoms with Crippen LogP contribution in [-0.2, 0) is 9.05 Å². The topological polar surface area (TPSA) is 54.5 Å². The number of rotatable bonds is 2. The lowest BCUT2D eigenvalue weighted by Crippen LogP contribution is -2.42. The van der Waals surface area contributed by atoms with Crippen LogP contribution in [0.2, 0.25) is 0 Å². The van der Waals surface area contributed by atoms with Crippen LogP contribution < -0.4 is 0 Å². The van der Waals surface area contributed by atoms with Gasteiger partial charge in [0.05, 0.1) is 4.90 Å². The summed E-state index contributed by atoms with van der Waals surface area (Å²) in [5.74, 6) is -0.155. The molecule has 1 fully saturated rings. The van der Waals surface area contributed by atoms with Crippen molar-refractivity contribution in [3.63, 3.8) is 0 Å². The predicted octanol–water partition coefficient (Wildman–Crippen LogP) is 3.70. The monoisotopic (exact) mass is 393 g/mol. The molecule has 21 heavy (non-hydrogen) atoms. The Bertz CT molecular complexity index is 700. The maximum atomic E-state index is 12.8. The zero-order chi connectivity index (χ0) is 16.0. The van der Waals surface area contributed by atoms with Gasteiger partial charge in [-0.15, -0.1) is 0 Å². The molecule has 0 atom stereocenters. The van der Waals surface area contributed by atoms with Crippen LogP contribution in [0.4, 0.5) is 0 Å². The quantitative estimate of drug-likeness (QED) is 0.719. The molecule has 0 unspecified atom stereocenters. The number of carbonyl (C=O) groups is 1. The van der Waals surface area contributed by atoms with Gasteiger partial charge in [-0.1, -0.05) is 15.9 Å². The van der Waals surface area contributed by atoms with Gasteiger partial charge in [-0.2, -0.15) is 0 Å². The molecule has 0 saturated carbocycles. The summed E-state index contributed by atoms with van der Waals surface area (Å²) < 4.78 is 23.6. The van der Waals surface area contributed by atoms with Crippen LogP contribution in [-0.4, -0.2) is 31.3 Å². The minimum atomic E-state index is -3.88. The Kier molecular flexibility index (Phi) is 4.44. The lowest BCUT2D eigenvalue weighted by molar-refractivity contribution is 0.0651. The van der Waals surface area contributed by atoms with E-state index in [4.69, 9.17) is 10.7 Å². The molecule has 0 aromatic heterocycles. The summed E-state index contributed by atoms with van der Waals surface area (Å²) in [6, 6.07) is 2.78. The number of hydrogen-bond acceptors (Lipinski definition) is 3. The molecular weight excluding hydrogens is 378 g/mol. The van der Waals surface area contributed by atoms with E-state index in [2.05, 4.69) is 15.9 Å². The molecule has 1 heterocycles. The van der Waals surface area contributed by atoms with E-state index in [0.29, 0.717) is 22.1 Å². The minimum Gasteiger partial charge on any atom is -0.334 e.